The third-order valence-corrected chi connectivity index (χ3v) is 5.66. The number of aliphatic hydroxyl groups excluding tert-OH is 2. The zero-order valence-electron chi connectivity index (χ0n) is 21.4. The van der Waals surface area contributed by atoms with Gasteiger partial charge in [-0.2, -0.15) is 0 Å². The van der Waals surface area contributed by atoms with Crippen molar-refractivity contribution in [1.82, 2.24) is 4.57 Å². The number of aromatic nitrogens is 1. The lowest BCUT2D eigenvalue weighted by Gasteiger charge is -2.21. The summed E-state index contributed by atoms with van der Waals surface area (Å²) in [5.74, 6) is -0.807. The van der Waals surface area contributed by atoms with Crippen LogP contribution in [0.1, 0.15) is 64.8 Å². The van der Waals surface area contributed by atoms with Crippen LogP contribution in [0.4, 0.5) is 4.39 Å². The van der Waals surface area contributed by atoms with Crippen molar-refractivity contribution in [3.8, 4) is 11.1 Å². The van der Waals surface area contributed by atoms with E-state index in [1.807, 2.05) is 13.0 Å². The maximum Gasteiger partial charge on any atom is 0.308 e. The summed E-state index contributed by atoms with van der Waals surface area (Å²) in [6, 6.07) is 12.8. The molecule has 0 aliphatic carbocycles. The minimum atomic E-state index is -1.03. The number of rotatable bonds is 8. The molecular weight excluding hydrogens is 445 g/mol. The smallest absolute Gasteiger partial charge is 0.308 e. The normalized spacial score (nSPS) is 14.1. The van der Waals surface area contributed by atoms with E-state index in [1.165, 1.54) is 12.1 Å². The Morgan fingerprint density at radius 3 is 2.37 bits per heavy atom. The number of nitrogens with zero attached hydrogens (tertiary/aromatic N) is 1. The van der Waals surface area contributed by atoms with Gasteiger partial charge in [-0.05, 0) is 76.9 Å². The molecule has 0 fully saturated rings. The van der Waals surface area contributed by atoms with Crippen molar-refractivity contribution >= 4 is 22.9 Å². The number of hydrogen-bond acceptors (Lipinski definition) is 4. The molecule has 1 heterocycles. The summed E-state index contributed by atoms with van der Waals surface area (Å²) >= 11 is 0. The first-order valence-electron chi connectivity index (χ1n) is 12.0. The Hall–Kier alpha value is -2.96. The molecule has 2 aromatic carbocycles. The van der Waals surface area contributed by atoms with Crippen molar-refractivity contribution in [1.29, 1.82) is 0 Å². The maximum absolute atomic E-state index is 13.7. The number of benzene rings is 2. The highest BCUT2D eigenvalue weighted by molar-refractivity contribution is 6.01. The topological polar surface area (TPSA) is 71.7 Å². The zero-order valence-corrected chi connectivity index (χ0v) is 21.4. The lowest BCUT2D eigenvalue weighted by atomic mass is 10.00. The van der Waals surface area contributed by atoms with Gasteiger partial charge in [0.25, 0.3) is 0 Å². The number of fused-ring (bicyclic) bond motifs is 1. The Labute approximate surface area is 206 Å². The highest BCUT2D eigenvalue weighted by Gasteiger charge is 2.22. The minimum absolute atomic E-state index is 0.00262. The molecule has 0 saturated heterocycles. The number of carbonyl (C=O) groups excluding carboxylic acids is 1. The molecule has 0 saturated carbocycles. The monoisotopic (exact) mass is 481 g/mol. The molecule has 2 N–H and O–H groups in total. The van der Waals surface area contributed by atoms with Gasteiger partial charge in [-0.15, -0.1) is 0 Å². The predicted molar refractivity (Wildman–Crippen MR) is 139 cm³/mol. The van der Waals surface area contributed by atoms with Gasteiger partial charge in [0.05, 0.1) is 18.6 Å². The van der Waals surface area contributed by atoms with Crippen LogP contribution in [0.25, 0.3) is 28.1 Å². The average molecular weight is 482 g/mol. The average Bonchev–Trinajstić information content (AvgIpc) is 3.04. The van der Waals surface area contributed by atoms with Crippen LogP contribution in [-0.2, 0) is 9.53 Å². The summed E-state index contributed by atoms with van der Waals surface area (Å²) in [4.78, 5) is 12.0. The first-order chi connectivity index (χ1) is 16.4. The van der Waals surface area contributed by atoms with Crippen molar-refractivity contribution in [2.24, 2.45) is 0 Å². The minimum Gasteiger partial charge on any atom is -0.460 e. The number of carbonyl (C=O) groups is 1. The number of esters is 1. The molecular formula is C29H36FNO4. The van der Waals surface area contributed by atoms with Crippen LogP contribution >= 0.6 is 0 Å². The highest BCUT2D eigenvalue weighted by atomic mass is 19.1. The second kappa shape index (κ2) is 10.8. The van der Waals surface area contributed by atoms with Crippen molar-refractivity contribution in [2.75, 3.05) is 0 Å². The summed E-state index contributed by atoms with van der Waals surface area (Å²) in [5, 5.41) is 21.9. The number of aryl methyl sites for hydroxylation is 1. The van der Waals surface area contributed by atoms with E-state index in [2.05, 4.69) is 36.6 Å². The summed E-state index contributed by atoms with van der Waals surface area (Å²) in [6.07, 6.45) is 1.30. The molecule has 2 atom stereocenters. The lowest BCUT2D eigenvalue weighted by Crippen LogP contribution is -2.27. The van der Waals surface area contributed by atoms with Crippen LogP contribution < -0.4 is 0 Å². The van der Waals surface area contributed by atoms with Crippen LogP contribution in [0.3, 0.4) is 0 Å². The predicted octanol–water partition coefficient (Wildman–Crippen LogP) is 6.19. The number of aliphatic hydroxyl groups is 2. The van der Waals surface area contributed by atoms with Gasteiger partial charge in [0.1, 0.15) is 11.4 Å². The van der Waals surface area contributed by atoms with Crippen molar-refractivity contribution in [3.05, 3.63) is 65.6 Å². The molecule has 5 nitrogen and oxygen atoms in total. The summed E-state index contributed by atoms with van der Waals surface area (Å²) in [6.45, 7) is 11.5. The first-order valence-corrected chi connectivity index (χ1v) is 12.0. The van der Waals surface area contributed by atoms with Crippen molar-refractivity contribution < 1.29 is 24.1 Å². The Morgan fingerprint density at radius 1 is 1.11 bits per heavy atom. The Kier molecular flexibility index (Phi) is 8.18. The molecule has 0 unspecified atom stereocenters. The van der Waals surface area contributed by atoms with Gasteiger partial charge in [0.2, 0.25) is 0 Å². The third-order valence-electron chi connectivity index (χ3n) is 5.66. The number of halogens is 1. The molecule has 0 spiro atoms. The van der Waals surface area contributed by atoms with Gasteiger partial charge in [-0.3, -0.25) is 4.79 Å². The van der Waals surface area contributed by atoms with E-state index in [0.29, 0.717) is 0 Å². The molecule has 3 aromatic rings. The zero-order chi connectivity index (χ0) is 25.9. The molecule has 3 rings (SSSR count). The lowest BCUT2D eigenvalue weighted by molar-refractivity contribution is -0.157. The van der Waals surface area contributed by atoms with Crippen LogP contribution in [-0.4, -0.2) is 38.6 Å². The van der Waals surface area contributed by atoms with Gasteiger partial charge in [0.15, 0.2) is 0 Å². The fourth-order valence-electron chi connectivity index (χ4n) is 4.30. The molecule has 35 heavy (non-hydrogen) atoms. The number of ether oxygens (including phenoxy) is 1. The number of hydrogen-bond donors (Lipinski definition) is 2. The SMILES string of the molecule is Cc1ccc2c(-c3ccc(F)cc3)c(/C=C/[C@H](O)C[C@H](O)CC(=O)OC(C)(C)C)n(C(C)C)c2c1. The van der Waals surface area contributed by atoms with E-state index in [4.69, 9.17) is 4.74 Å². The molecule has 1 aromatic heterocycles. The quantitative estimate of drug-likeness (QED) is 0.376. The van der Waals surface area contributed by atoms with Crippen LogP contribution in [0.2, 0.25) is 0 Å². The first kappa shape index (κ1) is 26.6. The van der Waals surface area contributed by atoms with Gasteiger partial charge < -0.3 is 19.5 Å². The van der Waals surface area contributed by atoms with Crippen LogP contribution in [0.5, 0.6) is 0 Å². The van der Waals surface area contributed by atoms with E-state index < -0.39 is 23.8 Å². The van der Waals surface area contributed by atoms with E-state index in [1.54, 1.807) is 39.0 Å². The second-order valence-electron chi connectivity index (χ2n) is 10.4. The maximum atomic E-state index is 13.7. The molecule has 0 bridgehead atoms. The van der Waals surface area contributed by atoms with Gasteiger partial charge in [-0.25, -0.2) is 4.39 Å². The Morgan fingerprint density at radius 2 is 1.77 bits per heavy atom. The Bertz CT molecular complexity index is 1200. The molecule has 0 aliphatic rings. The van der Waals surface area contributed by atoms with E-state index in [0.717, 1.165) is 33.3 Å². The molecule has 0 aliphatic heterocycles. The van der Waals surface area contributed by atoms with Crippen LogP contribution in [0, 0.1) is 12.7 Å². The fourth-order valence-corrected chi connectivity index (χ4v) is 4.30. The van der Waals surface area contributed by atoms with Crippen LogP contribution in [0.15, 0.2) is 48.5 Å². The summed E-state index contributed by atoms with van der Waals surface area (Å²) in [7, 11) is 0. The second-order valence-corrected chi connectivity index (χ2v) is 10.4. The van der Waals surface area contributed by atoms with Crippen molar-refractivity contribution in [2.45, 2.75) is 78.2 Å². The largest absolute Gasteiger partial charge is 0.460 e. The molecule has 0 amide bonds. The standard InChI is InChI=1S/C29H36FNO4/c1-18(2)31-25(14-12-22(32)16-23(33)17-27(34)35-29(4,5)6)28(20-8-10-21(30)11-9-20)24-13-7-19(3)15-26(24)31/h7-15,18,22-23,32-33H,16-17H2,1-6H3/b14-12+/t22-,23-/m0/s1. The summed E-state index contributed by atoms with van der Waals surface area (Å²) < 4.78 is 21.1. The molecule has 0 radical (unpaired) electrons. The molecule has 6 heteroatoms. The fraction of sp³-hybridized carbons (Fsp3) is 0.414. The van der Waals surface area contributed by atoms with E-state index >= 15 is 0 Å². The highest BCUT2D eigenvalue weighted by Crippen LogP contribution is 2.38. The summed E-state index contributed by atoms with van der Waals surface area (Å²) in [5.41, 5.74) is 4.26. The van der Waals surface area contributed by atoms with Gasteiger partial charge in [-0.1, -0.05) is 30.3 Å². The van der Waals surface area contributed by atoms with Gasteiger partial charge >= 0.3 is 5.97 Å². The van der Waals surface area contributed by atoms with Crippen molar-refractivity contribution in [3.63, 3.8) is 0 Å². The molecule has 188 valence electrons. The Balaban J connectivity index is 1.95. The third kappa shape index (κ3) is 6.80. The van der Waals surface area contributed by atoms with Gasteiger partial charge in [0, 0.05) is 34.6 Å². The van der Waals surface area contributed by atoms with E-state index in [9.17, 15) is 19.4 Å². The van der Waals surface area contributed by atoms with E-state index in [-0.39, 0.29) is 24.7 Å².